The van der Waals surface area contributed by atoms with Gasteiger partial charge in [-0.05, 0) is 30.2 Å². The van der Waals surface area contributed by atoms with Crippen molar-refractivity contribution >= 4 is 0 Å². The zero-order chi connectivity index (χ0) is 20.9. The first-order valence-electron chi connectivity index (χ1n) is 10.3. The van der Waals surface area contributed by atoms with Gasteiger partial charge in [-0.3, -0.25) is 0 Å². The van der Waals surface area contributed by atoms with E-state index in [1.165, 1.54) is 22.3 Å². The van der Waals surface area contributed by atoms with E-state index in [1.54, 1.807) is 0 Å². The Morgan fingerprint density at radius 3 is 1.53 bits per heavy atom. The molecule has 0 aliphatic heterocycles. The Balaban J connectivity index is 0. The van der Waals surface area contributed by atoms with E-state index < -0.39 is 0 Å². The summed E-state index contributed by atoms with van der Waals surface area (Å²) in [7, 11) is 0. The molecule has 2 radical (unpaired) electrons. The molecule has 30 heavy (non-hydrogen) atoms. The van der Waals surface area contributed by atoms with E-state index in [9.17, 15) is 0 Å². The van der Waals surface area contributed by atoms with Crippen LogP contribution in [0.15, 0.2) is 72.8 Å². The van der Waals surface area contributed by atoms with E-state index in [0.29, 0.717) is 17.8 Å². The van der Waals surface area contributed by atoms with Crippen molar-refractivity contribution in [3.05, 3.63) is 107 Å². The molecule has 3 aromatic carbocycles. The fourth-order valence-corrected chi connectivity index (χ4v) is 2.58. The number of aryl methyl sites for hydroxylation is 1. The number of hydrogen-bond donors (Lipinski definition) is 0. The Labute approximate surface area is 236 Å². The molecule has 0 aliphatic carbocycles. The summed E-state index contributed by atoms with van der Waals surface area (Å²) in [5.74, 6) is 1.89. The van der Waals surface area contributed by atoms with Crippen LogP contribution in [-0.4, -0.2) is 0 Å². The molecule has 0 unspecified atom stereocenters. The fraction of sp³-hybridized carbons (Fsp3) is 0.357. The van der Waals surface area contributed by atoms with Gasteiger partial charge in [-0.1, -0.05) is 71.4 Å². The molecule has 0 N–H and O–H groups in total. The SMILES string of the molecule is CC(C)c1[c-]cccc1.CC(C)c1cc[c-]cc1.Cc1cccc(C(C)C)c1.[Y].[Y]. The Kier molecular flexibility index (Phi) is 19.7. The van der Waals surface area contributed by atoms with Crippen molar-refractivity contribution in [1.82, 2.24) is 0 Å². The first kappa shape index (κ1) is 32.0. The van der Waals surface area contributed by atoms with Crippen LogP contribution in [0.5, 0.6) is 0 Å². The molecular formula is C28H36Y2-2. The van der Waals surface area contributed by atoms with Gasteiger partial charge in [0.2, 0.25) is 0 Å². The zero-order valence-corrected chi connectivity index (χ0v) is 25.5. The molecule has 0 aromatic heterocycles. The normalized spacial score (nSPS) is 9.53. The molecule has 0 fully saturated rings. The Hall–Kier alpha value is -0.132. The summed E-state index contributed by atoms with van der Waals surface area (Å²) in [5, 5.41) is 0. The number of rotatable bonds is 3. The maximum Gasteiger partial charge on any atom is 0 e. The Morgan fingerprint density at radius 1 is 0.600 bits per heavy atom. The molecule has 0 saturated heterocycles. The molecule has 0 bridgehead atoms. The van der Waals surface area contributed by atoms with Crippen molar-refractivity contribution in [2.45, 2.75) is 66.2 Å². The summed E-state index contributed by atoms with van der Waals surface area (Å²) in [6, 6.07) is 31.0. The third-order valence-electron chi connectivity index (χ3n) is 4.47. The molecule has 0 saturated carbocycles. The van der Waals surface area contributed by atoms with Gasteiger partial charge in [0.15, 0.2) is 0 Å². The van der Waals surface area contributed by atoms with Crippen molar-refractivity contribution in [1.29, 1.82) is 0 Å². The van der Waals surface area contributed by atoms with Crippen LogP contribution in [0.25, 0.3) is 0 Å². The summed E-state index contributed by atoms with van der Waals surface area (Å²) < 4.78 is 0. The number of benzene rings is 3. The van der Waals surface area contributed by atoms with E-state index in [1.807, 2.05) is 30.3 Å². The van der Waals surface area contributed by atoms with Gasteiger partial charge in [-0.2, -0.15) is 71.8 Å². The standard InChI is InChI=1S/C10H14.2C9H11.2Y/c1-8(2)10-6-4-5-9(3)7-10;2*1-8(2)9-6-4-3-5-7-9;;/h4-8H,1-3H3;4-8H,1-2H3;3-6,8H,1-2H3;;/q;2*-1;;. The topological polar surface area (TPSA) is 0 Å². The van der Waals surface area contributed by atoms with Crippen molar-refractivity contribution in [2.75, 3.05) is 0 Å². The van der Waals surface area contributed by atoms with Crippen molar-refractivity contribution in [3.8, 4) is 0 Å². The maximum atomic E-state index is 3.17. The third-order valence-corrected chi connectivity index (χ3v) is 4.47. The number of hydrogen-bond acceptors (Lipinski definition) is 0. The minimum absolute atomic E-state index is 0. The van der Waals surface area contributed by atoms with Crippen LogP contribution in [0.2, 0.25) is 0 Å². The second kappa shape index (κ2) is 18.4. The zero-order valence-electron chi connectivity index (χ0n) is 19.8. The van der Waals surface area contributed by atoms with Crippen LogP contribution in [0.4, 0.5) is 0 Å². The first-order valence-corrected chi connectivity index (χ1v) is 10.3. The summed E-state index contributed by atoms with van der Waals surface area (Å²) >= 11 is 0. The van der Waals surface area contributed by atoms with Gasteiger partial charge in [0, 0.05) is 65.4 Å². The summed E-state index contributed by atoms with van der Waals surface area (Å²) in [5.41, 5.74) is 5.46. The third kappa shape index (κ3) is 14.0. The molecule has 0 heterocycles. The largest absolute Gasteiger partial charge is 0.184 e. The molecule has 0 aliphatic rings. The minimum atomic E-state index is 0. The molecular weight excluding hydrogens is 514 g/mol. The molecule has 0 nitrogen and oxygen atoms in total. The van der Waals surface area contributed by atoms with E-state index in [4.69, 9.17) is 0 Å². The van der Waals surface area contributed by atoms with E-state index in [2.05, 4.69) is 103 Å². The molecule has 2 heteroatoms. The maximum absolute atomic E-state index is 3.17. The van der Waals surface area contributed by atoms with Gasteiger partial charge < -0.3 is 0 Å². The van der Waals surface area contributed by atoms with Gasteiger partial charge in [-0.15, -0.1) is 0 Å². The molecule has 3 rings (SSSR count). The molecule has 0 atom stereocenters. The molecule has 0 spiro atoms. The van der Waals surface area contributed by atoms with Crippen molar-refractivity contribution in [3.63, 3.8) is 0 Å². The Bertz CT molecular complexity index is 719. The van der Waals surface area contributed by atoms with E-state index in [0.717, 1.165) is 0 Å². The van der Waals surface area contributed by atoms with Crippen LogP contribution in [0.3, 0.4) is 0 Å². The summed E-state index contributed by atoms with van der Waals surface area (Å²) in [4.78, 5) is 0. The van der Waals surface area contributed by atoms with E-state index >= 15 is 0 Å². The van der Waals surface area contributed by atoms with E-state index in [-0.39, 0.29) is 65.4 Å². The van der Waals surface area contributed by atoms with Crippen LogP contribution in [-0.2, 0) is 65.4 Å². The second-order valence-corrected chi connectivity index (χ2v) is 8.03. The summed E-state index contributed by atoms with van der Waals surface area (Å²) in [6.07, 6.45) is 0. The smallest absolute Gasteiger partial charge is 0 e. The molecule has 156 valence electrons. The fourth-order valence-electron chi connectivity index (χ4n) is 2.58. The van der Waals surface area contributed by atoms with Crippen LogP contribution in [0, 0.1) is 19.1 Å². The summed E-state index contributed by atoms with van der Waals surface area (Å²) in [6.45, 7) is 15.3. The van der Waals surface area contributed by atoms with Gasteiger partial charge in [0.05, 0.1) is 0 Å². The average molecular weight is 550 g/mol. The average Bonchev–Trinajstić information content (AvgIpc) is 2.70. The van der Waals surface area contributed by atoms with Gasteiger partial charge in [0.25, 0.3) is 0 Å². The van der Waals surface area contributed by atoms with Crippen LogP contribution >= 0.6 is 0 Å². The van der Waals surface area contributed by atoms with Crippen LogP contribution in [0.1, 0.15) is 81.5 Å². The quantitative estimate of drug-likeness (QED) is 0.288. The van der Waals surface area contributed by atoms with Crippen molar-refractivity contribution in [2.24, 2.45) is 0 Å². The van der Waals surface area contributed by atoms with Gasteiger partial charge in [0.1, 0.15) is 0 Å². The molecule has 0 amide bonds. The predicted molar refractivity (Wildman–Crippen MR) is 124 cm³/mol. The minimum Gasteiger partial charge on any atom is -0.184 e. The first-order chi connectivity index (χ1) is 13.3. The monoisotopic (exact) mass is 550 g/mol. The second-order valence-electron chi connectivity index (χ2n) is 8.03. The van der Waals surface area contributed by atoms with Crippen molar-refractivity contribution < 1.29 is 65.4 Å². The van der Waals surface area contributed by atoms with Gasteiger partial charge >= 0.3 is 0 Å². The van der Waals surface area contributed by atoms with Gasteiger partial charge in [-0.25, -0.2) is 0 Å². The predicted octanol–water partition coefficient (Wildman–Crippen LogP) is 8.33. The Morgan fingerprint density at radius 2 is 1.20 bits per heavy atom. The van der Waals surface area contributed by atoms with Crippen LogP contribution < -0.4 is 0 Å². The molecule has 3 aromatic rings.